The Morgan fingerprint density at radius 1 is 1.24 bits per heavy atom. The third kappa shape index (κ3) is 3.09. The molecule has 1 aromatic carbocycles. The van der Waals surface area contributed by atoms with Crippen molar-refractivity contribution in [3.8, 4) is 5.75 Å². The van der Waals surface area contributed by atoms with E-state index in [1.54, 1.807) is 6.07 Å². The number of aliphatic hydroxyl groups is 1. The van der Waals surface area contributed by atoms with E-state index in [2.05, 4.69) is 0 Å². The fourth-order valence-electron chi connectivity index (χ4n) is 3.41. The third-order valence-electron chi connectivity index (χ3n) is 4.63. The quantitative estimate of drug-likeness (QED) is 0.870. The molecule has 1 aromatic rings. The van der Waals surface area contributed by atoms with Gasteiger partial charge in [0.05, 0.1) is 6.61 Å². The molecule has 2 aliphatic rings. The number of ketones is 1. The molecule has 4 heteroatoms. The summed E-state index contributed by atoms with van der Waals surface area (Å²) in [7, 11) is 0. The summed E-state index contributed by atoms with van der Waals surface area (Å²) in [6.45, 7) is 0.640. The van der Waals surface area contributed by atoms with Gasteiger partial charge in [-0.25, -0.2) is 0 Å². The van der Waals surface area contributed by atoms with Crippen LogP contribution in [0.5, 0.6) is 5.75 Å². The number of carbonyl (C=O) groups is 1. The molecule has 0 amide bonds. The molecule has 1 saturated carbocycles. The Labute approximate surface area is 130 Å². The fraction of sp³-hybridized carbons (Fsp3) is 0.588. The average molecular weight is 309 g/mol. The van der Waals surface area contributed by atoms with E-state index in [9.17, 15) is 9.90 Å². The lowest BCUT2D eigenvalue weighted by Gasteiger charge is -2.25. The molecule has 3 nitrogen and oxygen atoms in total. The van der Waals surface area contributed by atoms with Crippen LogP contribution in [0.1, 0.15) is 49.7 Å². The van der Waals surface area contributed by atoms with Gasteiger partial charge in [0.25, 0.3) is 0 Å². The van der Waals surface area contributed by atoms with Gasteiger partial charge >= 0.3 is 0 Å². The number of carbonyl (C=O) groups excluding carboxylic acids is 1. The Hall–Kier alpha value is -1.06. The molecular formula is C17H21ClO3. The molecule has 0 saturated heterocycles. The molecule has 1 aliphatic carbocycles. The van der Waals surface area contributed by atoms with Crippen molar-refractivity contribution in [1.29, 1.82) is 0 Å². The van der Waals surface area contributed by atoms with Crippen LogP contribution in [0.15, 0.2) is 12.1 Å². The highest BCUT2D eigenvalue weighted by atomic mass is 35.5. The van der Waals surface area contributed by atoms with E-state index in [4.69, 9.17) is 16.3 Å². The summed E-state index contributed by atoms with van der Waals surface area (Å²) in [6, 6.07) is 3.70. The second-order valence-electron chi connectivity index (χ2n) is 6.20. The lowest BCUT2D eigenvalue weighted by molar-refractivity contribution is -0.138. The minimum Gasteiger partial charge on any atom is -0.493 e. The maximum Gasteiger partial charge on any atom is 0.168 e. The van der Waals surface area contributed by atoms with Crippen molar-refractivity contribution in [3.05, 3.63) is 28.3 Å². The Morgan fingerprint density at radius 3 is 2.67 bits per heavy atom. The monoisotopic (exact) mass is 308 g/mol. The standard InChI is InChI=1S/C17H21ClO3/c18-14-9-12-5-8-21-16(12)13(10-14)11-15(19)17(20)6-3-1-2-4-7-17/h9-10,20H,1-8,11H2. The second-order valence-corrected chi connectivity index (χ2v) is 6.63. The van der Waals surface area contributed by atoms with Crippen LogP contribution in [-0.4, -0.2) is 23.1 Å². The van der Waals surface area contributed by atoms with E-state index < -0.39 is 5.60 Å². The molecule has 1 N–H and O–H groups in total. The third-order valence-corrected chi connectivity index (χ3v) is 4.84. The Kier molecular flexibility index (Phi) is 4.23. The van der Waals surface area contributed by atoms with Crippen LogP contribution in [0.3, 0.4) is 0 Å². The summed E-state index contributed by atoms with van der Waals surface area (Å²) >= 11 is 6.13. The maximum absolute atomic E-state index is 12.6. The van der Waals surface area contributed by atoms with Gasteiger partial charge in [0.1, 0.15) is 11.4 Å². The van der Waals surface area contributed by atoms with Gasteiger partial charge in [0, 0.05) is 23.4 Å². The van der Waals surface area contributed by atoms with Gasteiger partial charge in [-0.15, -0.1) is 0 Å². The largest absolute Gasteiger partial charge is 0.493 e. The second kappa shape index (κ2) is 5.98. The van der Waals surface area contributed by atoms with Crippen molar-refractivity contribution >= 4 is 17.4 Å². The summed E-state index contributed by atoms with van der Waals surface area (Å²) < 4.78 is 5.64. The maximum atomic E-state index is 12.6. The fourth-order valence-corrected chi connectivity index (χ4v) is 3.67. The topological polar surface area (TPSA) is 46.5 Å². The smallest absolute Gasteiger partial charge is 0.168 e. The molecular weight excluding hydrogens is 288 g/mol. The predicted octanol–water partition coefficient (Wildman–Crippen LogP) is 3.47. The number of fused-ring (bicyclic) bond motifs is 1. The highest BCUT2D eigenvalue weighted by Gasteiger charge is 2.36. The lowest BCUT2D eigenvalue weighted by Crippen LogP contribution is -2.39. The van der Waals surface area contributed by atoms with Crippen molar-refractivity contribution in [2.45, 2.75) is 57.0 Å². The molecule has 1 aliphatic heterocycles. The number of rotatable bonds is 3. The van der Waals surface area contributed by atoms with E-state index in [1.165, 1.54) is 0 Å². The summed E-state index contributed by atoms with van der Waals surface area (Å²) in [5, 5.41) is 11.3. The van der Waals surface area contributed by atoms with E-state index >= 15 is 0 Å². The predicted molar refractivity (Wildman–Crippen MR) is 82.0 cm³/mol. The van der Waals surface area contributed by atoms with E-state index in [0.717, 1.165) is 49.0 Å². The average Bonchev–Trinajstić information content (AvgIpc) is 2.79. The first kappa shape index (κ1) is 14.9. The molecule has 0 aromatic heterocycles. The van der Waals surface area contributed by atoms with Crippen LogP contribution in [-0.2, 0) is 17.6 Å². The van der Waals surface area contributed by atoms with E-state index in [1.807, 2.05) is 6.07 Å². The molecule has 0 radical (unpaired) electrons. The molecule has 1 heterocycles. The lowest BCUT2D eigenvalue weighted by atomic mass is 9.86. The van der Waals surface area contributed by atoms with Crippen molar-refractivity contribution < 1.29 is 14.6 Å². The van der Waals surface area contributed by atoms with E-state index in [-0.39, 0.29) is 12.2 Å². The van der Waals surface area contributed by atoms with Gasteiger partial charge in [0.15, 0.2) is 5.78 Å². The zero-order chi connectivity index (χ0) is 14.9. The van der Waals surface area contributed by atoms with Crippen LogP contribution in [0, 0.1) is 0 Å². The molecule has 0 atom stereocenters. The number of hydrogen-bond donors (Lipinski definition) is 1. The molecule has 3 rings (SSSR count). The minimum atomic E-state index is -1.16. The van der Waals surface area contributed by atoms with Gasteiger partial charge in [0.2, 0.25) is 0 Å². The highest BCUT2D eigenvalue weighted by Crippen LogP contribution is 2.35. The first-order chi connectivity index (χ1) is 10.1. The SMILES string of the molecule is O=C(Cc1cc(Cl)cc2c1OCC2)C1(O)CCCCCC1. The van der Waals surface area contributed by atoms with Crippen LogP contribution < -0.4 is 4.74 Å². The summed E-state index contributed by atoms with van der Waals surface area (Å²) in [4.78, 5) is 12.6. The van der Waals surface area contributed by atoms with E-state index in [0.29, 0.717) is 24.5 Å². The van der Waals surface area contributed by atoms with Crippen molar-refractivity contribution in [3.63, 3.8) is 0 Å². The van der Waals surface area contributed by atoms with Crippen molar-refractivity contribution in [1.82, 2.24) is 0 Å². The molecule has 21 heavy (non-hydrogen) atoms. The Bertz CT molecular complexity index is 545. The molecule has 114 valence electrons. The van der Waals surface area contributed by atoms with Gasteiger partial charge < -0.3 is 9.84 Å². The van der Waals surface area contributed by atoms with Crippen LogP contribution in [0.25, 0.3) is 0 Å². The summed E-state index contributed by atoms with van der Waals surface area (Å²) in [6.07, 6.45) is 6.25. The number of benzene rings is 1. The van der Waals surface area contributed by atoms with Crippen molar-refractivity contribution in [2.24, 2.45) is 0 Å². The van der Waals surface area contributed by atoms with Gasteiger partial charge in [-0.05, 0) is 30.5 Å². The number of Topliss-reactive ketones (excluding diaryl/α,β-unsaturated/α-hetero) is 1. The van der Waals surface area contributed by atoms with Crippen LogP contribution in [0.2, 0.25) is 5.02 Å². The minimum absolute atomic E-state index is 0.0932. The Morgan fingerprint density at radius 2 is 1.95 bits per heavy atom. The summed E-state index contributed by atoms with van der Waals surface area (Å²) in [5.74, 6) is 0.703. The van der Waals surface area contributed by atoms with Gasteiger partial charge in [-0.2, -0.15) is 0 Å². The Balaban J connectivity index is 1.81. The first-order valence-corrected chi connectivity index (χ1v) is 8.16. The van der Waals surface area contributed by atoms with Crippen LogP contribution >= 0.6 is 11.6 Å². The molecule has 0 spiro atoms. The zero-order valence-electron chi connectivity index (χ0n) is 12.2. The van der Waals surface area contributed by atoms with Gasteiger partial charge in [-0.1, -0.05) is 37.3 Å². The summed E-state index contributed by atoms with van der Waals surface area (Å²) in [5.41, 5.74) is 0.723. The first-order valence-electron chi connectivity index (χ1n) is 7.78. The molecule has 1 fully saturated rings. The zero-order valence-corrected chi connectivity index (χ0v) is 12.9. The van der Waals surface area contributed by atoms with Crippen molar-refractivity contribution in [2.75, 3.05) is 6.61 Å². The van der Waals surface area contributed by atoms with Crippen LogP contribution in [0.4, 0.5) is 0 Å². The number of ether oxygens (including phenoxy) is 1. The molecule has 0 unspecified atom stereocenters. The number of halogens is 1. The molecule has 0 bridgehead atoms. The van der Waals surface area contributed by atoms with Gasteiger partial charge in [-0.3, -0.25) is 4.79 Å². The highest BCUT2D eigenvalue weighted by molar-refractivity contribution is 6.30. The normalized spacial score (nSPS) is 20.5. The number of hydrogen-bond acceptors (Lipinski definition) is 3.